The first kappa shape index (κ1) is 18.9. The summed E-state index contributed by atoms with van der Waals surface area (Å²) in [5.41, 5.74) is 1.02. The maximum absolute atomic E-state index is 14.6. The minimum Gasteiger partial charge on any atom is -0.442 e. The van der Waals surface area contributed by atoms with Crippen LogP contribution in [0.25, 0.3) is 0 Å². The molecule has 144 valence electrons. The number of hydrogen-bond acceptors (Lipinski definition) is 5. The highest BCUT2D eigenvalue weighted by Crippen LogP contribution is 2.46. The molecule has 2 fully saturated rings. The third-order valence-electron chi connectivity index (χ3n) is 4.83. The summed E-state index contributed by atoms with van der Waals surface area (Å²) in [7, 11) is -2.00. The molecular weight excluding hydrogens is 361 g/mol. The summed E-state index contributed by atoms with van der Waals surface area (Å²) in [5, 5.41) is 8.40. The molecule has 2 amide bonds. The van der Waals surface area contributed by atoms with E-state index in [1.165, 1.54) is 17.9 Å². The van der Waals surface area contributed by atoms with E-state index in [9.17, 15) is 18.5 Å². The Hall–Kier alpha value is -1.84. The monoisotopic (exact) mass is 385 g/mol. The Morgan fingerprint density at radius 2 is 2.15 bits per heavy atom. The lowest BCUT2D eigenvalue weighted by Crippen LogP contribution is -2.33. The molecule has 7 nitrogen and oxygen atoms in total. The molecule has 0 spiro atoms. The highest BCUT2D eigenvalue weighted by atomic mass is 32.3. The molecule has 2 saturated heterocycles. The van der Waals surface area contributed by atoms with Crippen molar-refractivity contribution in [1.82, 2.24) is 5.32 Å². The normalized spacial score (nSPS) is 31.2. The number of carbonyl (C=O) groups excluding carboxylic acids is 2. The van der Waals surface area contributed by atoms with Gasteiger partial charge in [-0.2, -0.15) is 0 Å². The van der Waals surface area contributed by atoms with Crippen molar-refractivity contribution in [2.75, 3.05) is 29.5 Å². The van der Waals surface area contributed by atoms with Gasteiger partial charge in [-0.15, -0.1) is 0 Å². The Morgan fingerprint density at radius 1 is 1.46 bits per heavy atom. The maximum atomic E-state index is 14.6. The summed E-state index contributed by atoms with van der Waals surface area (Å²) in [6, 6.07) is 4.74. The first-order valence-corrected chi connectivity index (χ1v) is 10.6. The summed E-state index contributed by atoms with van der Waals surface area (Å²) in [6.07, 6.45) is 0.298. The van der Waals surface area contributed by atoms with Crippen molar-refractivity contribution in [3.63, 3.8) is 0 Å². The number of cyclic esters (lactones) is 1. The topological polar surface area (TPSA) is 105 Å². The number of rotatable bonds is 4. The molecule has 2 aliphatic heterocycles. The van der Waals surface area contributed by atoms with E-state index >= 15 is 0 Å². The predicted octanol–water partition coefficient (Wildman–Crippen LogP) is 2.32. The van der Waals surface area contributed by atoms with Gasteiger partial charge >= 0.3 is 6.09 Å². The number of halogens is 1. The van der Waals surface area contributed by atoms with Crippen molar-refractivity contribution in [3.8, 4) is 0 Å². The Labute approximate surface area is 153 Å². The molecule has 2 aliphatic rings. The minimum atomic E-state index is -2.00. The Morgan fingerprint density at radius 3 is 2.77 bits per heavy atom. The van der Waals surface area contributed by atoms with Crippen LogP contribution in [0.15, 0.2) is 18.2 Å². The van der Waals surface area contributed by atoms with Gasteiger partial charge in [-0.1, -0.05) is 16.6 Å². The van der Waals surface area contributed by atoms with Crippen LogP contribution >= 0.6 is 10.5 Å². The second-order valence-corrected chi connectivity index (χ2v) is 9.46. The second kappa shape index (κ2) is 7.42. The zero-order valence-electron chi connectivity index (χ0n) is 14.6. The summed E-state index contributed by atoms with van der Waals surface area (Å²) in [5.74, 6) is 0.486. The van der Waals surface area contributed by atoms with Gasteiger partial charge in [0.2, 0.25) is 5.91 Å². The molecule has 3 rings (SSSR count). The van der Waals surface area contributed by atoms with Crippen LogP contribution in [-0.2, 0) is 9.53 Å². The van der Waals surface area contributed by atoms with E-state index in [0.29, 0.717) is 35.6 Å². The molecule has 0 aromatic heterocycles. The lowest BCUT2D eigenvalue weighted by molar-refractivity contribution is -0.119. The summed E-state index contributed by atoms with van der Waals surface area (Å²) >= 11 is 0. The number of anilines is 1. The molecule has 1 aromatic rings. The van der Waals surface area contributed by atoms with Gasteiger partial charge in [0, 0.05) is 18.4 Å². The number of nitrogens with two attached hydrogens (primary N) is 1. The lowest BCUT2D eigenvalue weighted by atomic mass is 9.93. The van der Waals surface area contributed by atoms with E-state index < -0.39 is 22.7 Å². The van der Waals surface area contributed by atoms with E-state index in [1.807, 2.05) is 0 Å². The number of nitrogens with zero attached hydrogens (tertiary/aromatic N) is 1. The summed E-state index contributed by atoms with van der Waals surface area (Å²) < 4.78 is 29.7. The van der Waals surface area contributed by atoms with Crippen LogP contribution in [0, 0.1) is 5.82 Å². The van der Waals surface area contributed by atoms with Gasteiger partial charge in [0.1, 0.15) is 11.9 Å². The van der Waals surface area contributed by atoms with Crippen molar-refractivity contribution < 1.29 is 23.3 Å². The minimum absolute atomic E-state index is 0.0263. The van der Waals surface area contributed by atoms with E-state index in [0.717, 1.165) is 0 Å². The van der Waals surface area contributed by atoms with Gasteiger partial charge in [0.05, 0.1) is 18.8 Å². The van der Waals surface area contributed by atoms with E-state index in [4.69, 9.17) is 9.88 Å². The first-order chi connectivity index (χ1) is 12.2. The molecular formula is C17H24FN3O4S. The second-order valence-electron chi connectivity index (χ2n) is 6.84. The highest BCUT2D eigenvalue weighted by molar-refractivity contribution is 8.27. The molecule has 26 heavy (non-hydrogen) atoms. The third-order valence-corrected chi connectivity index (χ3v) is 6.71. The average molecular weight is 385 g/mol. The smallest absolute Gasteiger partial charge is 0.414 e. The molecule has 9 heteroatoms. The van der Waals surface area contributed by atoms with Gasteiger partial charge in [0.15, 0.2) is 0 Å². The molecule has 1 atom stereocenters. The quantitative estimate of drug-likeness (QED) is 0.738. The van der Waals surface area contributed by atoms with Crippen LogP contribution in [0.4, 0.5) is 14.9 Å². The van der Waals surface area contributed by atoms with Crippen LogP contribution in [0.3, 0.4) is 0 Å². The molecule has 2 heterocycles. The zero-order valence-corrected chi connectivity index (χ0v) is 15.4. The van der Waals surface area contributed by atoms with Crippen molar-refractivity contribution in [3.05, 3.63) is 29.6 Å². The fourth-order valence-electron chi connectivity index (χ4n) is 3.36. The zero-order chi connectivity index (χ0) is 18.9. The first-order valence-electron chi connectivity index (χ1n) is 8.56. The molecule has 0 aliphatic carbocycles. The van der Waals surface area contributed by atoms with Crippen LogP contribution in [0.2, 0.25) is 0 Å². The van der Waals surface area contributed by atoms with Crippen molar-refractivity contribution in [1.29, 1.82) is 0 Å². The van der Waals surface area contributed by atoms with Crippen molar-refractivity contribution >= 4 is 28.2 Å². The Bertz CT molecular complexity index is 705. The maximum Gasteiger partial charge on any atom is 0.414 e. The number of amides is 2. The molecule has 0 radical (unpaired) electrons. The van der Waals surface area contributed by atoms with Gasteiger partial charge in [-0.05, 0) is 36.5 Å². The van der Waals surface area contributed by atoms with Crippen LogP contribution in [0.5, 0.6) is 0 Å². The summed E-state index contributed by atoms with van der Waals surface area (Å²) in [6.45, 7) is 1.87. The highest BCUT2D eigenvalue weighted by Gasteiger charge is 2.33. The van der Waals surface area contributed by atoms with Crippen molar-refractivity contribution in [2.24, 2.45) is 5.14 Å². The molecule has 1 aromatic carbocycles. The third kappa shape index (κ3) is 4.28. The van der Waals surface area contributed by atoms with Gasteiger partial charge in [-0.3, -0.25) is 14.8 Å². The van der Waals surface area contributed by atoms with Gasteiger partial charge in [-0.25, -0.2) is 9.18 Å². The lowest BCUT2D eigenvalue weighted by Gasteiger charge is -2.37. The number of nitrogens with one attached hydrogen (secondary N) is 1. The van der Waals surface area contributed by atoms with Crippen LogP contribution in [0.1, 0.15) is 31.2 Å². The van der Waals surface area contributed by atoms with Crippen molar-refractivity contribution in [2.45, 2.75) is 31.8 Å². The Balaban J connectivity index is 1.68. The predicted molar refractivity (Wildman–Crippen MR) is 98.8 cm³/mol. The number of ether oxygens (including phenoxy) is 1. The molecule has 0 saturated carbocycles. The Kier molecular flexibility index (Phi) is 5.40. The summed E-state index contributed by atoms with van der Waals surface area (Å²) in [4.78, 5) is 24.4. The van der Waals surface area contributed by atoms with E-state index in [1.54, 1.807) is 12.1 Å². The van der Waals surface area contributed by atoms with Gasteiger partial charge < -0.3 is 14.6 Å². The largest absolute Gasteiger partial charge is 0.442 e. The molecule has 0 bridgehead atoms. The number of hydrogen-bond donors (Lipinski definition) is 3. The van der Waals surface area contributed by atoms with E-state index in [-0.39, 0.29) is 30.7 Å². The molecule has 4 N–H and O–H groups in total. The average Bonchev–Trinajstić information content (AvgIpc) is 2.94. The number of benzene rings is 1. The molecule has 0 unspecified atom stereocenters. The van der Waals surface area contributed by atoms with Crippen LogP contribution in [-0.4, -0.2) is 47.3 Å². The standard InChI is InChI=1S/C17H24FN3O4S/c1-11(22)20-9-14-10-21(17(23)25-14)13-2-3-15(16(18)8-13)12-4-6-26(19,24)7-5-12/h2-3,8,12,14,24H,4-7,9-10,19H2,1H3,(H,20,22)/t14-/m0/s1. The fraction of sp³-hybridized carbons (Fsp3) is 0.529. The SMILES string of the molecule is CC(=O)NC[C@H]1CN(c2ccc(C3CCS(N)(O)CC3)c(F)c2)C(=O)O1. The van der Waals surface area contributed by atoms with E-state index in [2.05, 4.69) is 5.32 Å². The number of carbonyl (C=O) groups is 2. The van der Waals surface area contributed by atoms with Gasteiger partial charge in [0.25, 0.3) is 0 Å². The fourth-order valence-corrected chi connectivity index (χ4v) is 4.95. The van der Waals surface area contributed by atoms with Crippen LogP contribution < -0.4 is 15.4 Å².